The van der Waals surface area contributed by atoms with Crippen LogP contribution in [-0.2, 0) is 0 Å². The first-order chi connectivity index (χ1) is 7.61. The molecule has 1 heterocycles. The largest absolute Gasteiger partial charge is 0.497 e. The van der Waals surface area contributed by atoms with E-state index in [4.69, 9.17) is 10.5 Å². The summed E-state index contributed by atoms with van der Waals surface area (Å²) < 4.78 is 5.08. The van der Waals surface area contributed by atoms with Gasteiger partial charge in [-0.25, -0.2) is 4.98 Å². The summed E-state index contributed by atoms with van der Waals surface area (Å²) in [6.07, 6.45) is 0. The van der Waals surface area contributed by atoms with Crippen molar-refractivity contribution in [1.82, 2.24) is 9.97 Å². The highest BCUT2D eigenvalue weighted by Gasteiger charge is 2.07. The number of rotatable bonds is 2. The summed E-state index contributed by atoms with van der Waals surface area (Å²) in [5, 5.41) is 0.533. The van der Waals surface area contributed by atoms with Crippen LogP contribution in [0.4, 0.5) is 0 Å². The monoisotopic (exact) mass is 219 g/mol. The summed E-state index contributed by atoms with van der Waals surface area (Å²) in [7, 11) is 1.57. The van der Waals surface area contributed by atoms with E-state index in [2.05, 4.69) is 9.97 Å². The van der Waals surface area contributed by atoms with E-state index >= 15 is 0 Å². The minimum Gasteiger partial charge on any atom is -0.497 e. The highest BCUT2D eigenvalue weighted by molar-refractivity contribution is 5.79. The molecule has 84 valence electrons. The highest BCUT2D eigenvalue weighted by Crippen LogP contribution is 2.17. The van der Waals surface area contributed by atoms with Gasteiger partial charge in [0.05, 0.1) is 24.1 Å². The summed E-state index contributed by atoms with van der Waals surface area (Å²) >= 11 is 0. The number of aromatic nitrogens is 2. The predicted molar refractivity (Wildman–Crippen MR) is 61.5 cm³/mol. The molecule has 0 spiro atoms. The second-order valence-electron chi connectivity index (χ2n) is 3.62. The molecular formula is C11H13N3O2. The van der Waals surface area contributed by atoms with Gasteiger partial charge in [-0.15, -0.1) is 0 Å². The molecule has 1 aromatic heterocycles. The second-order valence-corrected chi connectivity index (χ2v) is 3.62. The number of ether oxygens (including phenoxy) is 1. The first-order valence-corrected chi connectivity index (χ1v) is 4.95. The number of hydrogen-bond acceptors (Lipinski definition) is 4. The SMILES string of the molecule is COc1ccc2c(=O)[nH]c(C(C)N)nc2c1. The zero-order valence-electron chi connectivity index (χ0n) is 9.15. The number of aromatic amines is 1. The molecule has 16 heavy (non-hydrogen) atoms. The van der Waals surface area contributed by atoms with Gasteiger partial charge in [0.25, 0.3) is 5.56 Å². The summed E-state index contributed by atoms with van der Waals surface area (Å²) in [5.74, 6) is 1.15. The van der Waals surface area contributed by atoms with Gasteiger partial charge in [-0.2, -0.15) is 0 Å². The molecule has 0 aliphatic rings. The third-order valence-electron chi connectivity index (χ3n) is 2.36. The van der Waals surface area contributed by atoms with Crippen LogP contribution in [0.3, 0.4) is 0 Å². The lowest BCUT2D eigenvalue weighted by molar-refractivity contribution is 0.415. The maximum atomic E-state index is 11.7. The number of methoxy groups -OCH3 is 1. The fraction of sp³-hybridized carbons (Fsp3) is 0.273. The average molecular weight is 219 g/mol. The highest BCUT2D eigenvalue weighted by atomic mass is 16.5. The molecule has 1 unspecified atom stereocenters. The number of hydrogen-bond donors (Lipinski definition) is 2. The lowest BCUT2D eigenvalue weighted by atomic mass is 10.2. The Morgan fingerprint density at radius 3 is 2.88 bits per heavy atom. The van der Waals surface area contributed by atoms with Gasteiger partial charge in [0, 0.05) is 6.07 Å². The molecule has 2 rings (SSSR count). The van der Waals surface area contributed by atoms with Crippen LogP contribution in [0.2, 0.25) is 0 Å². The standard InChI is InChI=1S/C11H13N3O2/c1-6(12)10-13-9-5-7(16-2)3-4-8(9)11(15)14-10/h3-6H,12H2,1-2H3,(H,13,14,15). The Labute approximate surface area is 92.3 Å². The third-order valence-corrected chi connectivity index (χ3v) is 2.36. The Bertz CT molecular complexity index is 575. The first-order valence-electron chi connectivity index (χ1n) is 4.95. The molecule has 0 fully saturated rings. The normalized spacial score (nSPS) is 12.7. The number of H-pyrrole nitrogens is 1. The van der Waals surface area contributed by atoms with Crippen molar-refractivity contribution in [1.29, 1.82) is 0 Å². The van der Waals surface area contributed by atoms with Gasteiger partial charge in [-0.1, -0.05) is 0 Å². The smallest absolute Gasteiger partial charge is 0.258 e. The van der Waals surface area contributed by atoms with Gasteiger partial charge in [0.1, 0.15) is 11.6 Å². The number of nitrogens with two attached hydrogens (primary N) is 1. The molecule has 1 aromatic carbocycles. The van der Waals surface area contributed by atoms with Gasteiger partial charge in [0.2, 0.25) is 0 Å². The molecule has 0 saturated heterocycles. The lowest BCUT2D eigenvalue weighted by Crippen LogP contribution is -2.17. The van der Waals surface area contributed by atoms with Crippen molar-refractivity contribution in [2.24, 2.45) is 5.73 Å². The Morgan fingerprint density at radius 1 is 1.50 bits per heavy atom. The summed E-state index contributed by atoms with van der Waals surface area (Å²) in [4.78, 5) is 18.7. The molecule has 0 saturated carbocycles. The molecule has 5 heteroatoms. The van der Waals surface area contributed by atoms with E-state index in [0.717, 1.165) is 0 Å². The Kier molecular flexibility index (Phi) is 2.62. The number of benzene rings is 1. The van der Waals surface area contributed by atoms with Crippen molar-refractivity contribution in [3.05, 3.63) is 34.4 Å². The number of fused-ring (bicyclic) bond motifs is 1. The van der Waals surface area contributed by atoms with Gasteiger partial charge in [-0.3, -0.25) is 4.79 Å². The van der Waals surface area contributed by atoms with E-state index in [1.165, 1.54) is 0 Å². The minimum atomic E-state index is -0.302. The van der Waals surface area contributed by atoms with Gasteiger partial charge >= 0.3 is 0 Å². The van der Waals surface area contributed by atoms with E-state index in [9.17, 15) is 4.79 Å². The van der Waals surface area contributed by atoms with E-state index in [1.807, 2.05) is 0 Å². The quantitative estimate of drug-likeness (QED) is 0.788. The van der Waals surface area contributed by atoms with E-state index < -0.39 is 0 Å². The van der Waals surface area contributed by atoms with Crippen LogP contribution in [0, 0.1) is 0 Å². The number of nitrogens with one attached hydrogen (secondary N) is 1. The minimum absolute atomic E-state index is 0.181. The first kappa shape index (κ1) is 10.6. The zero-order valence-corrected chi connectivity index (χ0v) is 9.15. The lowest BCUT2D eigenvalue weighted by Gasteiger charge is -2.06. The van der Waals surface area contributed by atoms with Crippen molar-refractivity contribution >= 4 is 10.9 Å². The van der Waals surface area contributed by atoms with E-state index in [0.29, 0.717) is 22.5 Å². The van der Waals surface area contributed by atoms with Crippen molar-refractivity contribution in [3.63, 3.8) is 0 Å². The van der Waals surface area contributed by atoms with Crippen LogP contribution in [0.1, 0.15) is 18.8 Å². The van der Waals surface area contributed by atoms with Gasteiger partial charge in [0.15, 0.2) is 0 Å². The van der Waals surface area contributed by atoms with Crippen LogP contribution < -0.4 is 16.0 Å². The molecule has 0 bridgehead atoms. The zero-order chi connectivity index (χ0) is 11.7. The van der Waals surface area contributed by atoms with Crippen LogP contribution in [0.5, 0.6) is 5.75 Å². The average Bonchev–Trinajstić information content (AvgIpc) is 2.28. The van der Waals surface area contributed by atoms with E-state index in [-0.39, 0.29) is 11.6 Å². The Balaban J connectivity index is 2.73. The molecule has 0 aliphatic heterocycles. The molecule has 1 atom stereocenters. The van der Waals surface area contributed by atoms with Crippen molar-refractivity contribution in [2.75, 3.05) is 7.11 Å². The molecule has 0 radical (unpaired) electrons. The van der Waals surface area contributed by atoms with Gasteiger partial charge < -0.3 is 15.5 Å². The third kappa shape index (κ3) is 1.77. The topological polar surface area (TPSA) is 81.0 Å². The second kappa shape index (κ2) is 3.94. The predicted octanol–water partition coefficient (Wildman–Crippen LogP) is 0.951. The fourth-order valence-electron chi connectivity index (χ4n) is 1.48. The summed E-state index contributed by atoms with van der Waals surface area (Å²) in [5.41, 5.74) is 6.09. The molecule has 2 aromatic rings. The van der Waals surface area contributed by atoms with Crippen LogP contribution in [-0.4, -0.2) is 17.1 Å². The van der Waals surface area contributed by atoms with Gasteiger partial charge in [-0.05, 0) is 19.1 Å². The molecular weight excluding hydrogens is 206 g/mol. The van der Waals surface area contributed by atoms with E-state index in [1.54, 1.807) is 32.2 Å². The molecule has 0 amide bonds. The van der Waals surface area contributed by atoms with Crippen molar-refractivity contribution in [3.8, 4) is 5.75 Å². The van der Waals surface area contributed by atoms with Crippen molar-refractivity contribution in [2.45, 2.75) is 13.0 Å². The van der Waals surface area contributed by atoms with Crippen LogP contribution >= 0.6 is 0 Å². The molecule has 5 nitrogen and oxygen atoms in total. The summed E-state index contributed by atoms with van der Waals surface area (Å²) in [6, 6.07) is 4.83. The summed E-state index contributed by atoms with van der Waals surface area (Å²) in [6.45, 7) is 1.77. The Morgan fingerprint density at radius 2 is 2.25 bits per heavy atom. The van der Waals surface area contributed by atoms with Crippen LogP contribution in [0.25, 0.3) is 10.9 Å². The maximum absolute atomic E-state index is 11.7. The molecule has 3 N–H and O–H groups in total. The Hall–Kier alpha value is -1.88. The van der Waals surface area contributed by atoms with Crippen molar-refractivity contribution < 1.29 is 4.74 Å². The number of nitrogens with zero attached hydrogens (tertiary/aromatic N) is 1. The fourth-order valence-corrected chi connectivity index (χ4v) is 1.48. The van der Waals surface area contributed by atoms with Crippen LogP contribution in [0.15, 0.2) is 23.0 Å². The molecule has 0 aliphatic carbocycles. The maximum Gasteiger partial charge on any atom is 0.258 e.